The third-order valence-electron chi connectivity index (χ3n) is 3.94. The van der Waals surface area contributed by atoms with E-state index >= 15 is 0 Å². The van der Waals surface area contributed by atoms with E-state index in [4.69, 9.17) is 4.74 Å². The van der Waals surface area contributed by atoms with Gasteiger partial charge in [0.2, 0.25) is 0 Å². The summed E-state index contributed by atoms with van der Waals surface area (Å²) in [6.07, 6.45) is 2.20. The molecule has 1 aromatic rings. The van der Waals surface area contributed by atoms with Gasteiger partial charge in [0, 0.05) is 24.3 Å². The number of carbonyl (C=O) groups excluding carboxylic acids is 2. The molecular weight excluding hydrogens is 282 g/mol. The van der Waals surface area contributed by atoms with E-state index in [0.29, 0.717) is 24.0 Å². The first-order chi connectivity index (χ1) is 10.6. The second kappa shape index (κ2) is 7.79. The Balaban J connectivity index is 1.83. The topological polar surface area (TPSA) is 70.7 Å². The monoisotopic (exact) mass is 305 g/mol. The summed E-state index contributed by atoms with van der Waals surface area (Å²) >= 11 is 0. The van der Waals surface area contributed by atoms with E-state index in [-0.39, 0.29) is 0 Å². The number of likely N-dealkylation sites (N-methyl/N-ethyl adjacent to an activating group) is 1. The van der Waals surface area contributed by atoms with Crippen molar-refractivity contribution >= 4 is 17.5 Å². The lowest BCUT2D eigenvalue weighted by molar-refractivity contribution is -0.136. The first kappa shape index (κ1) is 16.3. The molecule has 2 amide bonds. The van der Waals surface area contributed by atoms with Gasteiger partial charge in [0.1, 0.15) is 5.75 Å². The number of benzene rings is 1. The maximum atomic E-state index is 11.9. The maximum absolute atomic E-state index is 11.9. The number of nitrogens with zero attached hydrogens (tertiary/aromatic N) is 1. The van der Waals surface area contributed by atoms with Crippen molar-refractivity contribution in [2.24, 2.45) is 0 Å². The predicted molar refractivity (Wildman–Crippen MR) is 84.9 cm³/mol. The third kappa shape index (κ3) is 4.21. The molecule has 0 unspecified atom stereocenters. The van der Waals surface area contributed by atoms with Crippen molar-refractivity contribution in [3.8, 4) is 5.75 Å². The molecule has 0 bridgehead atoms. The quantitative estimate of drug-likeness (QED) is 0.803. The normalized spacial score (nSPS) is 18.0. The summed E-state index contributed by atoms with van der Waals surface area (Å²) in [5.74, 6) is -0.636. The maximum Gasteiger partial charge on any atom is 0.313 e. The molecule has 0 aliphatic carbocycles. The molecule has 0 aromatic heterocycles. The van der Waals surface area contributed by atoms with Crippen molar-refractivity contribution in [3.05, 3.63) is 24.3 Å². The van der Waals surface area contributed by atoms with Crippen LogP contribution in [0.2, 0.25) is 0 Å². The Labute approximate surface area is 130 Å². The summed E-state index contributed by atoms with van der Waals surface area (Å²) in [6.45, 7) is 4.65. The molecular formula is C16H23N3O3. The molecule has 2 N–H and O–H groups in total. The SMILES string of the molecule is CCN1CCC[C@H]1CNC(=O)C(=O)Nc1cccc(OC)c1. The molecule has 120 valence electrons. The first-order valence-corrected chi connectivity index (χ1v) is 7.61. The van der Waals surface area contributed by atoms with Gasteiger partial charge in [-0.2, -0.15) is 0 Å². The fourth-order valence-electron chi connectivity index (χ4n) is 2.72. The number of amides is 2. The number of carbonyl (C=O) groups is 2. The molecule has 1 aliphatic rings. The molecule has 22 heavy (non-hydrogen) atoms. The van der Waals surface area contributed by atoms with E-state index in [9.17, 15) is 9.59 Å². The average molecular weight is 305 g/mol. The van der Waals surface area contributed by atoms with Crippen LogP contribution in [0, 0.1) is 0 Å². The van der Waals surface area contributed by atoms with Gasteiger partial charge >= 0.3 is 11.8 Å². The lowest BCUT2D eigenvalue weighted by atomic mass is 10.2. The van der Waals surface area contributed by atoms with Crippen molar-refractivity contribution in [2.75, 3.05) is 32.1 Å². The number of rotatable bonds is 5. The van der Waals surface area contributed by atoms with Crippen LogP contribution in [0.3, 0.4) is 0 Å². The predicted octanol–water partition coefficient (Wildman–Crippen LogP) is 1.23. The summed E-state index contributed by atoms with van der Waals surface area (Å²) in [6, 6.07) is 7.24. The van der Waals surface area contributed by atoms with Crippen LogP contribution in [0.1, 0.15) is 19.8 Å². The highest BCUT2D eigenvalue weighted by Gasteiger charge is 2.24. The lowest BCUT2D eigenvalue weighted by Crippen LogP contribution is -2.43. The molecule has 1 aromatic carbocycles. The molecule has 1 heterocycles. The second-order valence-corrected chi connectivity index (χ2v) is 5.32. The van der Waals surface area contributed by atoms with Crippen molar-refractivity contribution in [2.45, 2.75) is 25.8 Å². The van der Waals surface area contributed by atoms with Gasteiger partial charge in [-0.25, -0.2) is 0 Å². The van der Waals surface area contributed by atoms with Crippen LogP contribution in [0.5, 0.6) is 5.75 Å². The Morgan fingerprint density at radius 2 is 2.18 bits per heavy atom. The first-order valence-electron chi connectivity index (χ1n) is 7.61. The molecule has 0 radical (unpaired) electrons. The van der Waals surface area contributed by atoms with Crippen LogP contribution in [0.25, 0.3) is 0 Å². The van der Waals surface area contributed by atoms with Gasteiger partial charge in [-0.3, -0.25) is 14.5 Å². The Morgan fingerprint density at radius 1 is 1.36 bits per heavy atom. The van der Waals surface area contributed by atoms with Gasteiger partial charge in [0.15, 0.2) is 0 Å². The number of methoxy groups -OCH3 is 1. The van der Waals surface area contributed by atoms with Gasteiger partial charge in [0.25, 0.3) is 0 Å². The summed E-state index contributed by atoms with van der Waals surface area (Å²) in [4.78, 5) is 26.1. The molecule has 0 saturated carbocycles. The van der Waals surface area contributed by atoms with Crippen molar-refractivity contribution < 1.29 is 14.3 Å². The molecule has 1 saturated heterocycles. The highest BCUT2D eigenvalue weighted by atomic mass is 16.5. The van der Waals surface area contributed by atoms with Crippen LogP contribution < -0.4 is 15.4 Å². The molecule has 1 atom stereocenters. The zero-order valence-corrected chi connectivity index (χ0v) is 13.1. The fraction of sp³-hybridized carbons (Fsp3) is 0.500. The lowest BCUT2D eigenvalue weighted by Gasteiger charge is -2.22. The van der Waals surface area contributed by atoms with E-state index in [1.807, 2.05) is 0 Å². The van der Waals surface area contributed by atoms with Gasteiger partial charge in [0.05, 0.1) is 7.11 Å². The summed E-state index contributed by atoms with van der Waals surface area (Å²) in [7, 11) is 1.55. The minimum Gasteiger partial charge on any atom is -0.497 e. The highest BCUT2D eigenvalue weighted by molar-refractivity contribution is 6.39. The number of hydrogen-bond acceptors (Lipinski definition) is 4. The largest absolute Gasteiger partial charge is 0.497 e. The van der Waals surface area contributed by atoms with Crippen molar-refractivity contribution in [1.29, 1.82) is 0 Å². The summed E-state index contributed by atoms with van der Waals surface area (Å²) in [5, 5.41) is 5.29. The Morgan fingerprint density at radius 3 is 2.91 bits per heavy atom. The van der Waals surface area contributed by atoms with E-state index in [0.717, 1.165) is 25.9 Å². The summed E-state index contributed by atoms with van der Waals surface area (Å²) < 4.78 is 5.08. The molecule has 6 heteroatoms. The molecule has 1 aliphatic heterocycles. The Bertz CT molecular complexity index is 533. The molecule has 0 spiro atoms. The minimum atomic E-state index is -0.658. The van der Waals surface area contributed by atoms with E-state index in [1.165, 1.54) is 0 Å². The molecule has 1 fully saturated rings. The van der Waals surface area contributed by atoms with Crippen LogP contribution in [0.15, 0.2) is 24.3 Å². The molecule has 2 rings (SSSR count). The number of likely N-dealkylation sites (tertiary alicyclic amines) is 1. The third-order valence-corrected chi connectivity index (χ3v) is 3.94. The number of hydrogen-bond donors (Lipinski definition) is 2. The Hall–Kier alpha value is -2.08. The average Bonchev–Trinajstić information content (AvgIpc) is 3.00. The summed E-state index contributed by atoms with van der Waals surface area (Å²) in [5.41, 5.74) is 0.538. The number of anilines is 1. The zero-order valence-electron chi connectivity index (χ0n) is 13.1. The van der Waals surface area contributed by atoms with Crippen LogP contribution >= 0.6 is 0 Å². The Kier molecular flexibility index (Phi) is 5.77. The van der Waals surface area contributed by atoms with Gasteiger partial charge in [-0.05, 0) is 38.1 Å². The highest BCUT2D eigenvalue weighted by Crippen LogP contribution is 2.17. The van der Waals surface area contributed by atoms with Gasteiger partial charge in [-0.15, -0.1) is 0 Å². The van der Waals surface area contributed by atoms with Crippen molar-refractivity contribution in [3.63, 3.8) is 0 Å². The number of ether oxygens (including phenoxy) is 1. The standard InChI is InChI=1S/C16H23N3O3/c1-3-19-9-5-7-13(19)11-17-15(20)16(21)18-12-6-4-8-14(10-12)22-2/h4,6,8,10,13H,3,5,7,9,11H2,1-2H3,(H,17,20)(H,18,21)/t13-/m0/s1. The van der Waals surface area contributed by atoms with E-state index in [1.54, 1.807) is 31.4 Å². The van der Waals surface area contributed by atoms with Crippen molar-refractivity contribution in [1.82, 2.24) is 10.2 Å². The van der Waals surface area contributed by atoms with Crippen LogP contribution in [-0.4, -0.2) is 49.5 Å². The van der Waals surface area contributed by atoms with E-state index in [2.05, 4.69) is 22.5 Å². The molecule has 6 nitrogen and oxygen atoms in total. The van der Waals surface area contributed by atoms with E-state index < -0.39 is 11.8 Å². The number of nitrogens with one attached hydrogen (secondary N) is 2. The van der Waals surface area contributed by atoms with Crippen LogP contribution in [-0.2, 0) is 9.59 Å². The smallest absolute Gasteiger partial charge is 0.313 e. The van der Waals surface area contributed by atoms with Gasteiger partial charge in [-0.1, -0.05) is 13.0 Å². The van der Waals surface area contributed by atoms with Gasteiger partial charge < -0.3 is 15.4 Å². The second-order valence-electron chi connectivity index (χ2n) is 5.32. The minimum absolute atomic E-state index is 0.332. The fourth-order valence-corrected chi connectivity index (χ4v) is 2.72. The zero-order chi connectivity index (χ0) is 15.9. The van der Waals surface area contributed by atoms with Crippen LogP contribution in [0.4, 0.5) is 5.69 Å².